The Morgan fingerprint density at radius 3 is 2.56 bits per heavy atom. The average Bonchev–Trinajstić information content (AvgIpc) is 2.35. The number of H-pyrrole nitrogens is 1. The number of aromatic nitrogens is 2. The van der Waals surface area contributed by atoms with E-state index in [1.54, 1.807) is 0 Å². The molecule has 2 rings (SSSR count). The summed E-state index contributed by atoms with van der Waals surface area (Å²) in [6, 6.07) is 10.2. The topological polar surface area (TPSA) is 74.8 Å². The monoisotopic (exact) mass is 307 g/mol. The van der Waals surface area contributed by atoms with Crippen LogP contribution >= 0.6 is 15.9 Å². The van der Waals surface area contributed by atoms with Crippen molar-refractivity contribution >= 4 is 27.7 Å². The molecule has 0 fully saturated rings. The minimum absolute atomic E-state index is 0.183. The Hall–Kier alpha value is -1.95. The first-order chi connectivity index (χ1) is 8.63. The molecule has 0 spiro atoms. The molecule has 2 aromatic rings. The molecule has 6 heteroatoms. The smallest absolute Gasteiger partial charge is 0.264 e. The van der Waals surface area contributed by atoms with Gasteiger partial charge in [0.15, 0.2) is 5.82 Å². The number of anilines is 1. The molecule has 0 unspecified atom stereocenters. The maximum atomic E-state index is 11.7. The molecule has 2 N–H and O–H groups in total. The van der Waals surface area contributed by atoms with Gasteiger partial charge in [0.05, 0.1) is 6.42 Å². The second kappa shape index (κ2) is 5.59. The van der Waals surface area contributed by atoms with E-state index in [2.05, 4.69) is 31.4 Å². The second-order valence-electron chi connectivity index (χ2n) is 3.66. The van der Waals surface area contributed by atoms with Crippen molar-refractivity contribution in [2.75, 3.05) is 5.32 Å². The molecule has 18 heavy (non-hydrogen) atoms. The summed E-state index contributed by atoms with van der Waals surface area (Å²) in [7, 11) is 0. The van der Waals surface area contributed by atoms with E-state index in [1.807, 2.05) is 24.3 Å². The van der Waals surface area contributed by atoms with Crippen LogP contribution in [0.3, 0.4) is 0 Å². The number of rotatable bonds is 3. The third kappa shape index (κ3) is 3.53. The number of aromatic amines is 1. The van der Waals surface area contributed by atoms with Crippen molar-refractivity contribution in [3.63, 3.8) is 0 Å². The van der Waals surface area contributed by atoms with Crippen LogP contribution < -0.4 is 10.9 Å². The molecule has 5 nitrogen and oxygen atoms in total. The molecule has 0 aliphatic rings. The van der Waals surface area contributed by atoms with Crippen molar-refractivity contribution in [1.29, 1.82) is 0 Å². The van der Waals surface area contributed by atoms with Gasteiger partial charge in [-0.25, -0.2) is 5.10 Å². The van der Waals surface area contributed by atoms with E-state index in [0.717, 1.165) is 10.0 Å². The number of nitrogens with zero attached hydrogens (tertiary/aromatic N) is 1. The minimum atomic E-state index is -0.305. The van der Waals surface area contributed by atoms with Crippen molar-refractivity contribution in [2.45, 2.75) is 6.42 Å². The molecule has 0 saturated heterocycles. The predicted molar refractivity (Wildman–Crippen MR) is 71.3 cm³/mol. The quantitative estimate of drug-likeness (QED) is 0.906. The van der Waals surface area contributed by atoms with E-state index in [4.69, 9.17) is 0 Å². The lowest BCUT2D eigenvalue weighted by atomic mass is 10.1. The summed E-state index contributed by atoms with van der Waals surface area (Å²) < 4.78 is 0.967. The molecule has 0 atom stereocenters. The number of hydrogen-bond acceptors (Lipinski definition) is 3. The molecule has 0 aliphatic carbocycles. The molecule has 0 bridgehead atoms. The number of nitrogens with one attached hydrogen (secondary N) is 2. The maximum absolute atomic E-state index is 11.7. The lowest BCUT2D eigenvalue weighted by Gasteiger charge is -2.03. The Morgan fingerprint density at radius 2 is 1.94 bits per heavy atom. The Balaban J connectivity index is 1.98. The predicted octanol–water partition coefficient (Wildman–Crippen LogP) is 1.71. The van der Waals surface area contributed by atoms with Gasteiger partial charge in [-0.15, -0.1) is 0 Å². The second-order valence-corrected chi connectivity index (χ2v) is 4.57. The fourth-order valence-electron chi connectivity index (χ4n) is 1.39. The third-order valence-electron chi connectivity index (χ3n) is 2.22. The summed E-state index contributed by atoms with van der Waals surface area (Å²) in [5.74, 6) is 0.147. The summed E-state index contributed by atoms with van der Waals surface area (Å²) >= 11 is 3.33. The number of halogens is 1. The lowest BCUT2D eigenvalue weighted by Crippen LogP contribution is -2.17. The van der Waals surface area contributed by atoms with E-state index in [0.29, 0.717) is 5.82 Å². The van der Waals surface area contributed by atoms with Gasteiger partial charge in [-0.3, -0.25) is 9.59 Å². The number of hydrogen-bond donors (Lipinski definition) is 2. The van der Waals surface area contributed by atoms with Crippen LogP contribution in [0.5, 0.6) is 0 Å². The van der Waals surface area contributed by atoms with Crippen LogP contribution in [0.1, 0.15) is 5.56 Å². The van der Waals surface area contributed by atoms with Crippen molar-refractivity contribution in [1.82, 2.24) is 10.2 Å². The molecule has 1 amide bonds. The Labute approximate surface area is 111 Å². The van der Waals surface area contributed by atoms with Crippen LogP contribution in [-0.2, 0) is 11.2 Å². The lowest BCUT2D eigenvalue weighted by molar-refractivity contribution is -0.115. The van der Waals surface area contributed by atoms with Crippen LogP contribution in [0.4, 0.5) is 5.82 Å². The molecule has 0 saturated carbocycles. The Kier molecular flexibility index (Phi) is 3.88. The first kappa shape index (κ1) is 12.5. The average molecular weight is 308 g/mol. The fourth-order valence-corrected chi connectivity index (χ4v) is 1.65. The van der Waals surface area contributed by atoms with Crippen molar-refractivity contribution in [2.24, 2.45) is 0 Å². The summed E-state index contributed by atoms with van der Waals surface area (Å²) in [6.07, 6.45) is 0.258. The summed E-state index contributed by atoms with van der Waals surface area (Å²) in [6.45, 7) is 0. The highest BCUT2D eigenvalue weighted by molar-refractivity contribution is 9.10. The van der Waals surface area contributed by atoms with E-state index in [1.165, 1.54) is 12.1 Å². The molecule has 0 radical (unpaired) electrons. The van der Waals surface area contributed by atoms with Gasteiger partial charge in [-0.2, -0.15) is 5.10 Å². The van der Waals surface area contributed by atoms with Gasteiger partial charge < -0.3 is 5.32 Å². The summed E-state index contributed by atoms with van der Waals surface area (Å²) in [5, 5.41) is 8.55. The SMILES string of the molecule is O=C(Cc1ccc(Br)cc1)Nc1ccc(=O)[nH]n1. The van der Waals surface area contributed by atoms with Crippen LogP contribution in [0.15, 0.2) is 45.7 Å². The Morgan fingerprint density at radius 1 is 1.22 bits per heavy atom. The molecule has 1 aromatic carbocycles. The maximum Gasteiger partial charge on any atom is 0.264 e. The van der Waals surface area contributed by atoms with Crippen molar-refractivity contribution in [3.8, 4) is 0 Å². The van der Waals surface area contributed by atoms with E-state index < -0.39 is 0 Å². The van der Waals surface area contributed by atoms with Gasteiger partial charge in [0.25, 0.3) is 5.56 Å². The summed E-state index contributed by atoms with van der Waals surface area (Å²) in [4.78, 5) is 22.5. The van der Waals surface area contributed by atoms with Crippen molar-refractivity contribution < 1.29 is 4.79 Å². The van der Waals surface area contributed by atoms with Crippen LogP contribution in [0.2, 0.25) is 0 Å². The molecule has 92 valence electrons. The first-order valence-corrected chi connectivity index (χ1v) is 6.03. The minimum Gasteiger partial charge on any atom is -0.309 e. The van der Waals surface area contributed by atoms with Crippen molar-refractivity contribution in [3.05, 3.63) is 56.8 Å². The van der Waals surface area contributed by atoms with Crippen LogP contribution in [-0.4, -0.2) is 16.1 Å². The van der Waals surface area contributed by atoms with Gasteiger partial charge in [0, 0.05) is 10.5 Å². The van der Waals surface area contributed by atoms with Gasteiger partial charge in [-0.1, -0.05) is 28.1 Å². The molecular weight excluding hydrogens is 298 g/mol. The molecular formula is C12H10BrN3O2. The highest BCUT2D eigenvalue weighted by atomic mass is 79.9. The standard InChI is InChI=1S/C12H10BrN3O2/c13-9-3-1-8(2-4-9)7-12(18)14-10-5-6-11(17)16-15-10/h1-6H,7H2,(H,16,17)(H,14,15,18). The molecule has 0 aliphatic heterocycles. The van der Waals surface area contributed by atoms with E-state index >= 15 is 0 Å². The zero-order valence-electron chi connectivity index (χ0n) is 9.31. The van der Waals surface area contributed by atoms with E-state index in [-0.39, 0.29) is 17.9 Å². The third-order valence-corrected chi connectivity index (χ3v) is 2.75. The largest absolute Gasteiger partial charge is 0.309 e. The van der Waals surface area contributed by atoms with Gasteiger partial charge >= 0.3 is 0 Å². The normalized spacial score (nSPS) is 10.1. The molecule has 1 aromatic heterocycles. The highest BCUT2D eigenvalue weighted by Crippen LogP contribution is 2.11. The van der Waals surface area contributed by atoms with Gasteiger partial charge in [-0.05, 0) is 23.8 Å². The highest BCUT2D eigenvalue weighted by Gasteiger charge is 2.04. The van der Waals surface area contributed by atoms with E-state index in [9.17, 15) is 9.59 Å². The first-order valence-electron chi connectivity index (χ1n) is 5.23. The zero-order chi connectivity index (χ0) is 13.0. The number of carbonyl (C=O) groups is 1. The fraction of sp³-hybridized carbons (Fsp3) is 0.0833. The molecule has 1 heterocycles. The van der Waals surface area contributed by atoms with Crippen LogP contribution in [0, 0.1) is 0 Å². The zero-order valence-corrected chi connectivity index (χ0v) is 10.9. The number of carbonyl (C=O) groups excluding carboxylic acids is 1. The van der Waals surface area contributed by atoms with Crippen LogP contribution in [0.25, 0.3) is 0 Å². The number of benzene rings is 1. The number of amides is 1. The van der Waals surface area contributed by atoms with Gasteiger partial charge in [0.1, 0.15) is 0 Å². The van der Waals surface area contributed by atoms with Gasteiger partial charge in [0.2, 0.25) is 5.91 Å². The Bertz CT molecular complexity index is 587. The summed E-state index contributed by atoms with van der Waals surface area (Å²) in [5.41, 5.74) is 0.598.